The molecule has 0 bridgehead atoms. The number of halogens is 3. The quantitative estimate of drug-likeness (QED) is 0.844. The summed E-state index contributed by atoms with van der Waals surface area (Å²) in [6.45, 7) is 0.408. The smallest absolute Gasteiger partial charge is 0.394 e. The third-order valence-corrected chi connectivity index (χ3v) is 3.39. The molecule has 1 aliphatic carbocycles. The average molecular weight is 263 g/mol. The number of nitrogens with zero attached hydrogens (tertiary/aromatic N) is 1. The van der Waals surface area contributed by atoms with Gasteiger partial charge in [-0.3, -0.25) is 4.99 Å². The number of allylic oxidation sites excluding steroid dienone is 1. The van der Waals surface area contributed by atoms with Crippen molar-refractivity contribution >= 4 is 6.21 Å². The molecule has 1 N–H and O–H groups in total. The van der Waals surface area contributed by atoms with E-state index in [-0.39, 0.29) is 38.2 Å². The largest absolute Gasteiger partial charge is 0.413 e. The molecule has 2 aliphatic rings. The van der Waals surface area contributed by atoms with E-state index in [0.29, 0.717) is 18.4 Å². The van der Waals surface area contributed by atoms with Crippen molar-refractivity contribution in [3.05, 3.63) is 11.1 Å². The van der Waals surface area contributed by atoms with Gasteiger partial charge in [0.1, 0.15) is 0 Å². The fraction of sp³-hybridized carbons (Fsp3) is 0.750. The van der Waals surface area contributed by atoms with Crippen LogP contribution in [-0.2, 0) is 4.74 Å². The van der Waals surface area contributed by atoms with Crippen LogP contribution in [-0.4, -0.2) is 43.4 Å². The molecule has 102 valence electrons. The number of dihydropyridines is 1. The lowest BCUT2D eigenvalue weighted by molar-refractivity contribution is -0.0962. The maximum absolute atomic E-state index is 12.8. The molecule has 0 unspecified atom stereocenters. The van der Waals surface area contributed by atoms with Crippen LogP contribution in [0.5, 0.6) is 0 Å². The molecular weight excluding hydrogens is 247 g/mol. The standard InChI is InChI=1S/C12H16F3NO2/c13-12(14,15)11-1-2-16-7-10(11)8-5-9(6-8)18-4-3-17/h7-9,17H,1-6H2. The van der Waals surface area contributed by atoms with Gasteiger partial charge in [-0.2, -0.15) is 13.2 Å². The third kappa shape index (κ3) is 2.92. The summed E-state index contributed by atoms with van der Waals surface area (Å²) >= 11 is 0. The van der Waals surface area contributed by atoms with Gasteiger partial charge in [0, 0.05) is 18.3 Å². The summed E-state index contributed by atoms with van der Waals surface area (Å²) in [6.07, 6.45) is -1.76. The van der Waals surface area contributed by atoms with Gasteiger partial charge in [-0.15, -0.1) is 0 Å². The molecule has 0 aromatic carbocycles. The van der Waals surface area contributed by atoms with Crippen molar-refractivity contribution in [3.8, 4) is 0 Å². The number of hydrogen-bond acceptors (Lipinski definition) is 3. The second-order valence-electron chi connectivity index (χ2n) is 4.60. The topological polar surface area (TPSA) is 41.8 Å². The van der Waals surface area contributed by atoms with Crippen LogP contribution in [0.4, 0.5) is 13.2 Å². The molecule has 6 heteroatoms. The van der Waals surface area contributed by atoms with Crippen LogP contribution in [0, 0.1) is 5.92 Å². The van der Waals surface area contributed by atoms with Crippen molar-refractivity contribution in [2.75, 3.05) is 19.8 Å². The normalized spacial score (nSPS) is 28.4. The average Bonchev–Trinajstić information content (AvgIpc) is 2.26. The number of alkyl halides is 3. The Hall–Kier alpha value is -0.880. The predicted octanol–water partition coefficient (Wildman–Crippen LogP) is 2.11. The van der Waals surface area contributed by atoms with Gasteiger partial charge >= 0.3 is 6.18 Å². The first kappa shape index (κ1) is 13.5. The van der Waals surface area contributed by atoms with Crippen LogP contribution in [0.3, 0.4) is 0 Å². The Balaban J connectivity index is 2.00. The molecule has 1 heterocycles. The number of aliphatic hydroxyl groups is 1. The van der Waals surface area contributed by atoms with Crippen molar-refractivity contribution < 1.29 is 23.0 Å². The summed E-state index contributed by atoms with van der Waals surface area (Å²) in [7, 11) is 0. The summed E-state index contributed by atoms with van der Waals surface area (Å²) in [6, 6.07) is 0. The van der Waals surface area contributed by atoms with Crippen LogP contribution in [0.1, 0.15) is 19.3 Å². The van der Waals surface area contributed by atoms with E-state index < -0.39 is 11.7 Å². The zero-order valence-electron chi connectivity index (χ0n) is 9.91. The number of ether oxygens (including phenoxy) is 1. The molecule has 0 amide bonds. The lowest BCUT2D eigenvalue weighted by atomic mass is 9.75. The van der Waals surface area contributed by atoms with Gasteiger partial charge in [0.25, 0.3) is 0 Å². The summed E-state index contributed by atoms with van der Waals surface area (Å²) < 4.78 is 43.8. The second kappa shape index (κ2) is 5.40. The van der Waals surface area contributed by atoms with Gasteiger partial charge in [0.2, 0.25) is 0 Å². The Kier molecular flexibility index (Phi) is 4.07. The summed E-state index contributed by atoms with van der Waals surface area (Å²) in [5, 5.41) is 8.59. The van der Waals surface area contributed by atoms with Gasteiger partial charge < -0.3 is 9.84 Å². The highest BCUT2D eigenvalue weighted by molar-refractivity contribution is 5.82. The minimum absolute atomic E-state index is 0.0198. The number of rotatable bonds is 4. The van der Waals surface area contributed by atoms with Crippen molar-refractivity contribution in [2.24, 2.45) is 10.9 Å². The van der Waals surface area contributed by atoms with Crippen LogP contribution in [0.2, 0.25) is 0 Å². The zero-order valence-corrected chi connectivity index (χ0v) is 9.91. The first-order chi connectivity index (χ1) is 8.52. The summed E-state index contributed by atoms with van der Waals surface area (Å²) in [4.78, 5) is 3.95. The number of hydrogen-bond donors (Lipinski definition) is 1. The fourth-order valence-electron chi connectivity index (χ4n) is 2.39. The van der Waals surface area contributed by atoms with Crippen LogP contribution in [0.25, 0.3) is 0 Å². The molecule has 0 saturated heterocycles. The molecule has 0 spiro atoms. The SMILES string of the molecule is OCCOC1CC(C2=C(C(F)(F)F)CCN=C2)C1. The van der Waals surface area contributed by atoms with E-state index >= 15 is 0 Å². The summed E-state index contributed by atoms with van der Waals surface area (Å²) in [5.41, 5.74) is -0.0966. The molecule has 1 saturated carbocycles. The molecule has 18 heavy (non-hydrogen) atoms. The molecular formula is C12H16F3NO2. The summed E-state index contributed by atoms with van der Waals surface area (Å²) in [5.74, 6) is -0.102. The van der Waals surface area contributed by atoms with Crippen molar-refractivity contribution in [1.29, 1.82) is 0 Å². The van der Waals surface area contributed by atoms with Gasteiger partial charge in [-0.05, 0) is 30.8 Å². The number of aliphatic hydroxyl groups excluding tert-OH is 1. The van der Waals surface area contributed by atoms with Gasteiger partial charge in [-0.1, -0.05) is 0 Å². The van der Waals surface area contributed by atoms with Gasteiger partial charge in [-0.25, -0.2) is 0 Å². The maximum Gasteiger partial charge on any atom is 0.413 e. The first-order valence-electron chi connectivity index (χ1n) is 6.05. The highest BCUT2D eigenvalue weighted by Gasteiger charge is 2.41. The minimum atomic E-state index is -4.25. The molecule has 1 aliphatic heterocycles. The van der Waals surface area contributed by atoms with Gasteiger partial charge in [0.05, 0.1) is 19.3 Å². The van der Waals surface area contributed by atoms with Crippen molar-refractivity contribution in [1.82, 2.24) is 0 Å². The molecule has 0 radical (unpaired) electrons. The van der Waals surface area contributed by atoms with Gasteiger partial charge in [0.15, 0.2) is 0 Å². The molecule has 1 fully saturated rings. The molecule has 3 nitrogen and oxygen atoms in total. The highest BCUT2D eigenvalue weighted by Crippen LogP contribution is 2.42. The zero-order chi connectivity index (χ0) is 13.2. The molecule has 0 aromatic rings. The Morgan fingerprint density at radius 3 is 2.72 bits per heavy atom. The molecule has 0 aromatic heterocycles. The van der Waals surface area contributed by atoms with E-state index in [9.17, 15) is 13.2 Å². The first-order valence-corrected chi connectivity index (χ1v) is 6.05. The van der Waals surface area contributed by atoms with E-state index in [1.807, 2.05) is 0 Å². The highest BCUT2D eigenvalue weighted by atomic mass is 19.4. The van der Waals surface area contributed by atoms with E-state index in [2.05, 4.69) is 4.99 Å². The van der Waals surface area contributed by atoms with E-state index in [0.717, 1.165) is 0 Å². The second-order valence-corrected chi connectivity index (χ2v) is 4.60. The van der Waals surface area contributed by atoms with Crippen molar-refractivity contribution in [3.63, 3.8) is 0 Å². The van der Waals surface area contributed by atoms with Crippen LogP contribution < -0.4 is 0 Å². The minimum Gasteiger partial charge on any atom is -0.394 e. The Morgan fingerprint density at radius 2 is 2.11 bits per heavy atom. The van der Waals surface area contributed by atoms with E-state index in [4.69, 9.17) is 9.84 Å². The lowest BCUT2D eigenvalue weighted by Gasteiger charge is -2.37. The lowest BCUT2D eigenvalue weighted by Crippen LogP contribution is -2.36. The van der Waals surface area contributed by atoms with E-state index in [1.54, 1.807) is 0 Å². The third-order valence-electron chi connectivity index (χ3n) is 3.39. The number of aliphatic imine (C=N–C) groups is 1. The maximum atomic E-state index is 12.8. The Bertz CT molecular complexity index is 357. The van der Waals surface area contributed by atoms with Crippen LogP contribution in [0.15, 0.2) is 16.1 Å². The predicted molar refractivity (Wildman–Crippen MR) is 60.6 cm³/mol. The Morgan fingerprint density at radius 1 is 1.39 bits per heavy atom. The molecule has 2 rings (SSSR count). The monoisotopic (exact) mass is 263 g/mol. The van der Waals surface area contributed by atoms with E-state index in [1.165, 1.54) is 6.21 Å². The Labute approximate surface area is 103 Å². The van der Waals surface area contributed by atoms with Crippen LogP contribution >= 0.6 is 0 Å². The fourth-order valence-corrected chi connectivity index (χ4v) is 2.39. The van der Waals surface area contributed by atoms with Crippen molar-refractivity contribution in [2.45, 2.75) is 31.5 Å². The molecule has 0 atom stereocenters.